The Bertz CT molecular complexity index is 872. The number of hydrogen-bond donors (Lipinski definition) is 0. The van der Waals surface area contributed by atoms with Crippen LogP contribution in [0.5, 0.6) is 0 Å². The van der Waals surface area contributed by atoms with Gasteiger partial charge in [-0.2, -0.15) is 10.5 Å². The Labute approximate surface area is 131 Å². The minimum Gasteiger partial charge on any atom is -0.274 e. The van der Waals surface area contributed by atoms with Gasteiger partial charge in [-0.25, -0.2) is 9.97 Å². The van der Waals surface area contributed by atoms with E-state index < -0.39 is 0 Å². The number of imide groups is 1. The standard InChI is InChI=1S/C16H9N5O2/c17-7-13-14(8-18)20-10(9-19-13)5-6-21-15(22)11-3-1-2-4-12(11)16(21)23/h1-4,9H,5-6H2. The van der Waals surface area contributed by atoms with Crippen molar-refractivity contribution in [2.75, 3.05) is 6.54 Å². The molecule has 7 heteroatoms. The Balaban J connectivity index is 1.78. The first kappa shape index (κ1) is 14.4. The molecule has 2 heterocycles. The number of carbonyl (C=O) groups is 2. The smallest absolute Gasteiger partial charge is 0.261 e. The molecule has 1 aromatic carbocycles. The van der Waals surface area contributed by atoms with Crippen LogP contribution in [-0.4, -0.2) is 33.2 Å². The van der Waals surface area contributed by atoms with E-state index in [0.717, 1.165) is 4.90 Å². The van der Waals surface area contributed by atoms with E-state index in [1.807, 2.05) is 0 Å². The number of fused-ring (bicyclic) bond motifs is 1. The molecule has 0 aliphatic carbocycles. The summed E-state index contributed by atoms with van der Waals surface area (Å²) < 4.78 is 0. The minimum absolute atomic E-state index is 0.0445. The largest absolute Gasteiger partial charge is 0.274 e. The summed E-state index contributed by atoms with van der Waals surface area (Å²) in [6.07, 6.45) is 1.64. The zero-order chi connectivity index (χ0) is 16.4. The molecule has 0 bridgehead atoms. The molecule has 0 atom stereocenters. The fourth-order valence-electron chi connectivity index (χ4n) is 2.37. The fraction of sp³-hybridized carbons (Fsp3) is 0.125. The predicted molar refractivity (Wildman–Crippen MR) is 77.0 cm³/mol. The Morgan fingerprint density at radius 1 is 1.00 bits per heavy atom. The van der Waals surface area contributed by atoms with E-state index in [4.69, 9.17) is 10.5 Å². The highest BCUT2D eigenvalue weighted by Crippen LogP contribution is 2.22. The van der Waals surface area contributed by atoms with Crippen LogP contribution in [0.2, 0.25) is 0 Å². The lowest BCUT2D eigenvalue weighted by Crippen LogP contribution is -2.32. The Hall–Kier alpha value is -3.58. The quantitative estimate of drug-likeness (QED) is 0.784. The van der Waals surface area contributed by atoms with Gasteiger partial charge in [0.1, 0.15) is 12.1 Å². The lowest BCUT2D eigenvalue weighted by molar-refractivity contribution is 0.0656. The van der Waals surface area contributed by atoms with Crippen LogP contribution < -0.4 is 0 Å². The summed E-state index contributed by atoms with van der Waals surface area (Å²) in [6, 6.07) is 10.2. The van der Waals surface area contributed by atoms with Crippen molar-refractivity contribution in [3.05, 3.63) is 58.7 Å². The number of aromatic nitrogens is 2. The van der Waals surface area contributed by atoms with Crippen LogP contribution in [0.15, 0.2) is 30.5 Å². The average molecular weight is 303 g/mol. The van der Waals surface area contributed by atoms with E-state index in [-0.39, 0.29) is 36.2 Å². The first-order valence-corrected chi connectivity index (χ1v) is 6.77. The van der Waals surface area contributed by atoms with Gasteiger partial charge >= 0.3 is 0 Å². The van der Waals surface area contributed by atoms with Crippen LogP contribution in [0.1, 0.15) is 37.8 Å². The van der Waals surface area contributed by atoms with E-state index in [0.29, 0.717) is 16.8 Å². The second kappa shape index (κ2) is 5.66. The van der Waals surface area contributed by atoms with Gasteiger partial charge in [0.15, 0.2) is 11.4 Å². The monoisotopic (exact) mass is 303 g/mol. The van der Waals surface area contributed by atoms with Crippen molar-refractivity contribution in [3.8, 4) is 12.1 Å². The molecule has 0 saturated carbocycles. The molecule has 2 aromatic rings. The SMILES string of the molecule is N#Cc1ncc(CCN2C(=O)c3ccccc3C2=O)nc1C#N. The van der Waals surface area contributed by atoms with Crippen molar-refractivity contribution in [3.63, 3.8) is 0 Å². The molecular formula is C16H9N5O2. The molecule has 3 rings (SSSR count). The molecule has 0 N–H and O–H groups in total. The number of nitrogens with zero attached hydrogens (tertiary/aromatic N) is 5. The zero-order valence-electron chi connectivity index (χ0n) is 11.9. The van der Waals surface area contributed by atoms with Gasteiger partial charge in [0.2, 0.25) is 0 Å². The summed E-state index contributed by atoms with van der Waals surface area (Å²) in [7, 11) is 0. The van der Waals surface area contributed by atoms with Crippen molar-refractivity contribution < 1.29 is 9.59 Å². The molecule has 0 saturated heterocycles. The van der Waals surface area contributed by atoms with Crippen molar-refractivity contribution in [1.29, 1.82) is 10.5 Å². The second-order valence-electron chi connectivity index (χ2n) is 4.84. The molecule has 23 heavy (non-hydrogen) atoms. The molecular weight excluding hydrogens is 294 g/mol. The van der Waals surface area contributed by atoms with Gasteiger partial charge < -0.3 is 0 Å². The third-order valence-electron chi connectivity index (χ3n) is 3.50. The van der Waals surface area contributed by atoms with Crippen LogP contribution in [0.3, 0.4) is 0 Å². The minimum atomic E-state index is -0.340. The van der Waals surface area contributed by atoms with E-state index >= 15 is 0 Å². The Kier molecular flexibility index (Phi) is 3.54. The first-order chi connectivity index (χ1) is 11.2. The summed E-state index contributed by atoms with van der Waals surface area (Å²) in [5.74, 6) is -0.680. The Morgan fingerprint density at radius 3 is 2.17 bits per heavy atom. The zero-order valence-corrected chi connectivity index (χ0v) is 11.9. The van der Waals surface area contributed by atoms with E-state index in [2.05, 4.69) is 9.97 Å². The molecule has 7 nitrogen and oxygen atoms in total. The van der Waals surface area contributed by atoms with Gasteiger partial charge in [-0.3, -0.25) is 14.5 Å². The summed E-state index contributed by atoms with van der Waals surface area (Å²) in [5, 5.41) is 17.7. The number of nitriles is 2. The van der Waals surface area contributed by atoms with Crippen LogP contribution in [0.4, 0.5) is 0 Å². The van der Waals surface area contributed by atoms with Crippen molar-refractivity contribution in [1.82, 2.24) is 14.9 Å². The van der Waals surface area contributed by atoms with Gasteiger partial charge in [-0.05, 0) is 12.1 Å². The Morgan fingerprint density at radius 2 is 1.61 bits per heavy atom. The highest BCUT2D eigenvalue weighted by molar-refractivity contribution is 6.21. The maximum atomic E-state index is 12.2. The van der Waals surface area contributed by atoms with Crippen LogP contribution in [-0.2, 0) is 6.42 Å². The summed E-state index contributed by atoms with van der Waals surface area (Å²) in [4.78, 5) is 33.5. The average Bonchev–Trinajstić information content (AvgIpc) is 2.84. The number of carbonyl (C=O) groups excluding carboxylic acids is 2. The summed E-state index contributed by atoms with van der Waals surface area (Å²) in [6.45, 7) is 0.137. The van der Waals surface area contributed by atoms with Crippen molar-refractivity contribution in [2.45, 2.75) is 6.42 Å². The molecule has 1 aliphatic rings. The fourth-order valence-corrected chi connectivity index (χ4v) is 2.37. The van der Waals surface area contributed by atoms with Gasteiger partial charge in [0, 0.05) is 13.0 Å². The third kappa shape index (κ3) is 2.41. The van der Waals surface area contributed by atoms with Gasteiger partial charge in [-0.1, -0.05) is 12.1 Å². The normalized spacial score (nSPS) is 12.7. The maximum Gasteiger partial charge on any atom is 0.261 e. The molecule has 0 radical (unpaired) electrons. The second-order valence-corrected chi connectivity index (χ2v) is 4.84. The molecule has 110 valence electrons. The van der Waals surface area contributed by atoms with Crippen molar-refractivity contribution >= 4 is 11.8 Å². The van der Waals surface area contributed by atoms with E-state index in [1.165, 1.54) is 6.20 Å². The summed E-state index contributed by atoms with van der Waals surface area (Å²) >= 11 is 0. The number of amides is 2. The number of rotatable bonds is 3. The van der Waals surface area contributed by atoms with Crippen LogP contribution >= 0.6 is 0 Å². The predicted octanol–water partition coefficient (Wildman–Crippen LogP) is 1.06. The number of hydrogen-bond acceptors (Lipinski definition) is 6. The molecule has 2 amide bonds. The lowest BCUT2D eigenvalue weighted by Gasteiger charge is -2.13. The highest BCUT2D eigenvalue weighted by atomic mass is 16.2. The van der Waals surface area contributed by atoms with Gasteiger partial charge in [-0.15, -0.1) is 0 Å². The maximum absolute atomic E-state index is 12.2. The van der Waals surface area contributed by atoms with Crippen LogP contribution in [0.25, 0.3) is 0 Å². The first-order valence-electron chi connectivity index (χ1n) is 6.77. The van der Waals surface area contributed by atoms with Crippen LogP contribution in [0, 0.1) is 22.7 Å². The molecule has 0 spiro atoms. The molecule has 1 aliphatic heterocycles. The summed E-state index contributed by atoms with van der Waals surface area (Å²) in [5.41, 5.74) is 1.11. The van der Waals surface area contributed by atoms with E-state index in [9.17, 15) is 9.59 Å². The highest BCUT2D eigenvalue weighted by Gasteiger charge is 2.34. The van der Waals surface area contributed by atoms with Gasteiger partial charge in [0.05, 0.1) is 23.0 Å². The molecule has 0 fully saturated rings. The number of benzene rings is 1. The lowest BCUT2D eigenvalue weighted by atomic mass is 10.1. The third-order valence-corrected chi connectivity index (χ3v) is 3.50. The molecule has 1 aromatic heterocycles. The van der Waals surface area contributed by atoms with Crippen molar-refractivity contribution in [2.24, 2.45) is 0 Å². The van der Waals surface area contributed by atoms with E-state index in [1.54, 1.807) is 36.4 Å². The van der Waals surface area contributed by atoms with Gasteiger partial charge in [0.25, 0.3) is 11.8 Å². The molecule has 0 unspecified atom stereocenters. The topological polar surface area (TPSA) is 111 Å².